The lowest BCUT2D eigenvalue weighted by atomic mass is 9.93. The molecule has 0 saturated carbocycles. The standard InChI is InChI=1S/C11H16OS/c1-5-6-11(4,12)10-7-8(2)13-9(10)3/h5,7,12H,1,6H2,2-4H3. The SMILES string of the molecule is C=CCC(C)(O)c1cc(C)sc1C. The third-order valence-electron chi connectivity index (χ3n) is 2.16. The average molecular weight is 196 g/mol. The molecule has 1 unspecified atom stereocenters. The minimum atomic E-state index is -0.753. The number of rotatable bonds is 3. The summed E-state index contributed by atoms with van der Waals surface area (Å²) in [6.07, 6.45) is 2.36. The third-order valence-corrected chi connectivity index (χ3v) is 3.13. The summed E-state index contributed by atoms with van der Waals surface area (Å²) < 4.78 is 0. The van der Waals surface area contributed by atoms with E-state index in [-0.39, 0.29) is 0 Å². The zero-order valence-electron chi connectivity index (χ0n) is 8.42. The maximum atomic E-state index is 10.1. The Labute approximate surface area is 83.7 Å². The fourth-order valence-corrected chi connectivity index (χ4v) is 2.61. The Kier molecular flexibility index (Phi) is 2.94. The summed E-state index contributed by atoms with van der Waals surface area (Å²) in [4.78, 5) is 2.45. The lowest BCUT2D eigenvalue weighted by molar-refractivity contribution is 0.0605. The molecule has 0 amide bonds. The molecule has 0 fully saturated rings. The van der Waals surface area contributed by atoms with Crippen molar-refractivity contribution >= 4 is 11.3 Å². The summed E-state index contributed by atoms with van der Waals surface area (Å²) in [7, 11) is 0. The fraction of sp³-hybridized carbons (Fsp3) is 0.455. The highest BCUT2D eigenvalue weighted by Gasteiger charge is 2.24. The monoisotopic (exact) mass is 196 g/mol. The van der Waals surface area contributed by atoms with Crippen molar-refractivity contribution in [3.05, 3.63) is 34.0 Å². The van der Waals surface area contributed by atoms with Gasteiger partial charge in [-0.15, -0.1) is 17.9 Å². The second kappa shape index (κ2) is 3.64. The van der Waals surface area contributed by atoms with Gasteiger partial charge in [0.1, 0.15) is 0 Å². The zero-order chi connectivity index (χ0) is 10.1. The molecule has 1 N–H and O–H groups in total. The first kappa shape index (κ1) is 10.5. The Morgan fingerprint density at radius 3 is 2.62 bits per heavy atom. The van der Waals surface area contributed by atoms with Crippen molar-refractivity contribution in [2.24, 2.45) is 0 Å². The van der Waals surface area contributed by atoms with Gasteiger partial charge in [0.15, 0.2) is 0 Å². The second-order valence-corrected chi connectivity index (χ2v) is 5.05. The van der Waals surface area contributed by atoms with Crippen LogP contribution in [0, 0.1) is 13.8 Å². The van der Waals surface area contributed by atoms with Crippen LogP contribution in [0.2, 0.25) is 0 Å². The van der Waals surface area contributed by atoms with Crippen LogP contribution < -0.4 is 0 Å². The molecule has 1 aromatic rings. The molecule has 0 radical (unpaired) electrons. The lowest BCUT2D eigenvalue weighted by Crippen LogP contribution is -2.20. The quantitative estimate of drug-likeness (QED) is 0.736. The molecule has 13 heavy (non-hydrogen) atoms. The Hall–Kier alpha value is -0.600. The van der Waals surface area contributed by atoms with Crippen LogP contribution in [0.15, 0.2) is 18.7 Å². The summed E-state index contributed by atoms with van der Waals surface area (Å²) in [5.74, 6) is 0. The molecular weight excluding hydrogens is 180 g/mol. The molecule has 0 aliphatic rings. The first-order valence-corrected chi connectivity index (χ1v) is 5.20. The topological polar surface area (TPSA) is 20.2 Å². The average Bonchev–Trinajstić information content (AvgIpc) is 2.30. The smallest absolute Gasteiger partial charge is 0.0913 e. The van der Waals surface area contributed by atoms with Gasteiger partial charge in [-0.05, 0) is 38.8 Å². The number of hydrogen-bond acceptors (Lipinski definition) is 2. The maximum absolute atomic E-state index is 10.1. The Morgan fingerprint density at radius 2 is 2.23 bits per heavy atom. The molecule has 0 bridgehead atoms. The summed E-state index contributed by atoms with van der Waals surface area (Å²) in [6, 6.07) is 2.06. The van der Waals surface area contributed by atoms with Crippen LogP contribution in [-0.2, 0) is 5.60 Å². The highest BCUT2D eigenvalue weighted by molar-refractivity contribution is 7.12. The van der Waals surface area contributed by atoms with Crippen LogP contribution in [0.3, 0.4) is 0 Å². The van der Waals surface area contributed by atoms with E-state index >= 15 is 0 Å². The minimum Gasteiger partial charge on any atom is -0.385 e. The van der Waals surface area contributed by atoms with Gasteiger partial charge in [-0.2, -0.15) is 0 Å². The molecule has 1 heterocycles. The van der Waals surface area contributed by atoms with E-state index in [1.54, 1.807) is 17.4 Å². The van der Waals surface area contributed by atoms with E-state index in [4.69, 9.17) is 0 Å². The summed E-state index contributed by atoms with van der Waals surface area (Å²) in [5, 5.41) is 10.1. The van der Waals surface area contributed by atoms with Crippen LogP contribution in [0.4, 0.5) is 0 Å². The fourth-order valence-electron chi connectivity index (χ4n) is 1.56. The van der Waals surface area contributed by atoms with Gasteiger partial charge in [-0.1, -0.05) is 6.08 Å². The van der Waals surface area contributed by atoms with Crippen molar-refractivity contribution in [1.29, 1.82) is 0 Å². The van der Waals surface area contributed by atoms with Crippen LogP contribution in [-0.4, -0.2) is 5.11 Å². The van der Waals surface area contributed by atoms with E-state index in [2.05, 4.69) is 19.6 Å². The van der Waals surface area contributed by atoms with Crippen LogP contribution in [0.1, 0.15) is 28.7 Å². The summed E-state index contributed by atoms with van der Waals surface area (Å²) in [6.45, 7) is 9.59. The molecule has 0 aliphatic heterocycles. The van der Waals surface area contributed by atoms with E-state index in [1.807, 2.05) is 13.8 Å². The first-order valence-electron chi connectivity index (χ1n) is 4.38. The van der Waals surface area contributed by atoms with E-state index in [0.29, 0.717) is 6.42 Å². The highest BCUT2D eigenvalue weighted by Crippen LogP contribution is 2.32. The Balaban J connectivity index is 3.05. The number of thiophene rings is 1. The normalized spacial score (nSPS) is 15.4. The molecule has 0 aromatic carbocycles. The molecule has 0 aliphatic carbocycles. The molecule has 1 rings (SSSR count). The number of hydrogen-bond donors (Lipinski definition) is 1. The molecule has 0 saturated heterocycles. The summed E-state index contributed by atoms with van der Waals surface area (Å²) in [5.41, 5.74) is 0.284. The van der Waals surface area contributed by atoms with Crippen molar-refractivity contribution in [3.63, 3.8) is 0 Å². The first-order chi connectivity index (χ1) is 5.97. The Bertz CT molecular complexity index is 310. The largest absolute Gasteiger partial charge is 0.385 e. The van der Waals surface area contributed by atoms with Gasteiger partial charge in [-0.25, -0.2) is 0 Å². The maximum Gasteiger partial charge on any atom is 0.0913 e. The lowest BCUT2D eigenvalue weighted by Gasteiger charge is -2.21. The van der Waals surface area contributed by atoms with E-state index in [0.717, 1.165) is 5.56 Å². The molecule has 1 nitrogen and oxygen atoms in total. The molecule has 1 atom stereocenters. The van der Waals surface area contributed by atoms with Crippen molar-refractivity contribution in [1.82, 2.24) is 0 Å². The second-order valence-electron chi connectivity index (χ2n) is 3.59. The van der Waals surface area contributed by atoms with Crippen molar-refractivity contribution in [2.75, 3.05) is 0 Å². The predicted octanol–water partition coefficient (Wildman–Crippen LogP) is 3.15. The van der Waals surface area contributed by atoms with Crippen molar-refractivity contribution in [3.8, 4) is 0 Å². The predicted molar refractivity (Wildman–Crippen MR) is 58.2 cm³/mol. The Morgan fingerprint density at radius 1 is 1.62 bits per heavy atom. The van der Waals surface area contributed by atoms with Gasteiger partial charge >= 0.3 is 0 Å². The van der Waals surface area contributed by atoms with Crippen LogP contribution >= 0.6 is 11.3 Å². The van der Waals surface area contributed by atoms with Gasteiger partial charge in [0.2, 0.25) is 0 Å². The van der Waals surface area contributed by atoms with E-state index < -0.39 is 5.60 Å². The van der Waals surface area contributed by atoms with Gasteiger partial charge in [-0.3, -0.25) is 0 Å². The van der Waals surface area contributed by atoms with Crippen LogP contribution in [0.25, 0.3) is 0 Å². The van der Waals surface area contributed by atoms with Gasteiger partial charge in [0.05, 0.1) is 5.60 Å². The van der Waals surface area contributed by atoms with Gasteiger partial charge in [0.25, 0.3) is 0 Å². The van der Waals surface area contributed by atoms with Crippen LogP contribution in [0.5, 0.6) is 0 Å². The van der Waals surface area contributed by atoms with Crippen molar-refractivity contribution < 1.29 is 5.11 Å². The van der Waals surface area contributed by atoms with Crippen molar-refractivity contribution in [2.45, 2.75) is 32.8 Å². The summed E-state index contributed by atoms with van der Waals surface area (Å²) >= 11 is 1.73. The number of aryl methyl sites for hydroxylation is 2. The molecule has 0 spiro atoms. The van der Waals surface area contributed by atoms with Gasteiger partial charge < -0.3 is 5.11 Å². The van der Waals surface area contributed by atoms with E-state index in [9.17, 15) is 5.11 Å². The van der Waals surface area contributed by atoms with Gasteiger partial charge in [0, 0.05) is 9.75 Å². The third kappa shape index (κ3) is 2.20. The highest BCUT2D eigenvalue weighted by atomic mass is 32.1. The van der Waals surface area contributed by atoms with E-state index in [1.165, 1.54) is 9.75 Å². The molecule has 2 heteroatoms. The molecule has 72 valence electrons. The molecule has 1 aromatic heterocycles. The molecular formula is C11H16OS. The zero-order valence-corrected chi connectivity index (χ0v) is 9.24. The minimum absolute atomic E-state index is 0.601. The number of aliphatic hydroxyl groups is 1.